The molecule has 88 valence electrons. The first-order valence-electron chi connectivity index (χ1n) is 5.57. The molecule has 16 heavy (non-hydrogen) atoms. The van der Waals surface area contributed by atoms with Gasteiger partial charge in [-0.05, 0) is 24.9 Å². The monoisotopic (exact) mass is 222 g/mol. The molecule has 0 spiro atoms. The molecule has 4 N–H and O–H groups in total. The standard InChI is InChI=1S/C11H18N4O/c12-14-11-10(2-1-4-13-11)7-15-5-3-9(6-15)8-16/h1-2,4,9,16H,3,5-8,12H2,(H,13,14). The highest BCUT2D eigenvalue weighted by atomic mass is 16.3. The lowest BCUT2D eigenvalue weighted by atomic mass is 10.1. The molecular formula is C11H18N4O. The van der Waals surface area contributed by atoms with E-state index in [1.165, 1.54) is 0 Å². The number of rotatable bonds is 4. The normalized spacial score (nSPS) is 21.2. The zero-order valence-corrected chi connectivity index (χ0v) is 9.26. The average Bonchev–Trinajstić information content (AvgIpc) is 2.77. The van der Waals surface area contributed by atoms with Gasteiger partial charge in [0.1, 0.15) is 5.82 Å². The summed E-state index contributed by atoms with van der Waals surface area (Å²) in [7, 11) is 0. The SMILES string of the molecule is NNc1ncccc1CN1CCC(CO)C1. The topological polar surface area (TPSA) is 74.4 Å². The molecule has 0 radical (unpaired) electrons. The number of nitrogens with one attached hydrogen (secondary N) is 1. The van der Waals surface area contributed by atoms with Crippen molar-refractivity contribution in [1.82, 2.24) is 9.88 Å². The van der Waals surface area contributed by atoms with Crippen molar-refractivity contribution in [1.29, 1.82) is 0 Å². The lowest BCUT2D eigenvalue weighted by Gasteiger charge is -2.17. The molecule has 1 fully saturated rings. The largest absolute Gasteiger partial charge is 0.396 e. The number of nitrogens with zero attached hydrogens (tertiary/aromatic N) is 2. The van der Waals surface area contributed by atoms with Gasteiger partial charge in [-0.2, -0.15) is 0 Å². The number of hydrogen-bond donors (Lipinski definition) is 3. The minimum absolute atomic E-state index is 0.283. The summed E-state index contributed by atoms with van der Waals surface area (Å²) in [6, 6.07) is 3.93. The molecule has 1 atom stereocenters. The summed E-state index contributed by atoms with van der Waals surface area (Å²) >= 11 is 0. The maximum Gasteiger partial charge on any atom is 0.144 e. The molecule has 1 aliphatic heterocycles. The Bertz CT molecular complexity index is 345. The van der Waals surface area contributed by atoms with Gasteiger partial charge in [-0.3, -0.25) is 4.90 Å². The molecule has 1 unspecified atom stereocenters. The van der Waals surface area contributed by atoms with Crippen LogP contribution in [0.25, 0.3) is 0 Å². The smallest absolute Gasteiger partial charge is 0.144 e. The molecule has 1 aliphatic rings. The Morgan fingerprint density at radius 3 is 3.19 bits per heavy atom. The van der Waals surface area contributed by atoms with Crippen molar-refractivity contribution < 1.29 is 5.11 Å². The molecule has 1 saturated heterocycles. The average molecular weight is 222 g/mol. The zero-order chi connectivity index (χ0) is 11.4. The second-order valence-electron chi connectivity index (χ2n) is 4.23. The van der Waals surface area contributed by atoms with Crippen molar-refractivity contribution in [2.45, 2.75) is 13.0 Å². The Hall–Kier alpha value is -1.17. The van der Waals surface area contributed by atoms with Crippen LogP contribution in [0.2, 0.25) is 0 Å². The van der Waals surface area contributed by atoms with Crippen molar-refractivity contribution in [3.05, 3.63) is 23.9 Å². The van der Waals surface area contributed by atoms with Crippen LogP contribution in [0.4, 0.5) is 5.82 Å². The molecule has 0 aliphatic carbocycles. The molecule has 2 heterocycles. The summed E-state index contributed by atoms with van der Waals surface area (Å²) in [6.07, 6.45) is 2.79. The fourth-order valence-electron chi connectivity index (χ4n) is 2.14. The van der Waals surface area contributed by atoms with E-state index in [9.17, 15) is 0 Å². The minimum Gasteiger partial charge on any atom is -0.396 e. The van der Waals surface area contributed by atoms with Crippen LogP contribution in [0.1, 0.15) is 12.0 Å². The molecule has 0 amide bonds. The number of anilines is 1. The Morgan fingerprint density at radius 2 is 2.50 bits per heavy atom. The Kier molecular flexibility index (Phi) is 3.71. The van der Waals surface area contributed by atoms with Crippen molar-refractivity contribution in [3.63, 3.8) is 0 Å². The highest BCUT2D eigenvalue weighted by Gasteiger charge is 2.22. The van der Waals surface area contributed by atoms with Crippen LogP contribution in [-0.2, 0) is 6.54 Å². The van der Waals surface area contributed by atoms with Gasteiger partial charge >= 0.3 is 0 Å². The fraction of sp³-hybridized carbons (Fsp3) is 0.545. The summed E-state index contributed by atoms with van der Waals surface area (Å²) in [6.45, 7) is 3.11. The van der Waals surface area contributed by atoms with Crippen LogP contribution in [0.15, 0.2) is 18.3 Å². The Morgan fingerprint density at radius 1 is 1.62 bits per heavy atom. The van der Waals surface area contributed by atoms with Crippen LogP contribution in [-0.4, -0.2) is 34.7 Å². The number of aliphatic hydroxyl groups excluding tert-OH is 1. The second-order valence-corrected chi connectivity index (χ2v) is 4.23. The van der Waals surface area contributed by atoms with E-state index >= 15 is 0 Å². The Balaban J connectivity index is 1.99. The van der Waals surface area contributed by atoms with Crippen LogP contribution in [0.5, 0.6) is 0 Å². The first kappa shape index (κ1) is 11.3. The third-order valence-corrected chi connectivity index (χ3v) is 3.05. The molecule has 1 aromatic rings. The van der Waals surface area contributed by atoms with E-state index in [4.69, 9.17) is 10.9 Å². The number of hydrazine groups is 1. The van der Waals surface area contributed by atoms with E-state index in [2.05, 4.69) is 15.3 Å². The summed E-state index contributed by atoms with van der Waals surface area (Å²) in [4.78, 5) is 6.48. The number of aliphatic hydroxyl groups is 1. The van der Waals surface area contributed by atoms with Crippen LogP contribution in [0.3, 0.4) is 0 Å². The van der Waals surface area contributed by atoms with E-state index in [-0.39, 0.29) is 6.61 Å². The third kappa shape index (κ3) is 2.49. The van der Waals surface area contributed by atoms with Gasteiger partial charge in [0.2, 0.25) is 0 Å². The van der Waals surface area contributed by atoms with E-state index in [1.807, 2.05) is 12.1 Å². The molecule has 0 saturated carbocycles. The minimum atomic E-state index is 0.283. The molecule has 0 aromatic carbocycles. The van der Waals surface area contributed by atoms with E-state index in [0.29, 0.717) is 5.92 Å². The molecule has 5 nitrogen and oxygen atoms in total. The van der Waals surface area contributed by atoms with Crippen LogP contribution in [0, 0.1) is 5.92 Å². The number of nitrogens with two attached hydrogens (primary N) is 1. The van der Waals surface area contributed by atoms with Gasteiger partial charge < -0.3 is 10.5 Å². The molecule has 5 heteroatoms. The maximum absolute atomic E-state index is 9.08. The van der Waals surface area contributed by atoms with Gasteiger partial charge in [0.15, 0.2) is 0 Å². The summed E-state index contributed by atoms with van der Waals surface area (Å²) in [5, 5.41) is 9.08. The van der Waals surface area contributed by atoms with Crippen molar-refractivity contribution in [3.8, 4) is 0 Å². The van der Waals surface area contributed by atoms with E-state index < -0.39 is 0 Å². The van der Waals surface area contributed by atoms with Gasteiger partial charge in [-0.15, -0.1) is 0 Å². The van der Waals surface area contributed by atoms with Gasteiger partial charge in [0.05, 0.1) is 0 Å². The quantitative estimate of drug-likeness (QED) is 0.500. The number of pyridine rings is 1. The highest BCUT2D eigenvalue weighted by Crippen LogP contribution is 2.20. The van der Waals surface area contributed by atoms with Gasteiger partial charge in [-0.1, -0.05) is 6.07 Å². The number of hydrogen-bond acceptors (Lipinski definition) is 5. The first-order chi connectivity index (χ1) is 7.83. The zero-order valence-electron chi connectivity index (χ0n) is 9.26. The molecular weight excluding hydrogens is 204 g/mol. The Labute approximate surface area is 95.2 Å². The highest BCUT2D eigenvalue weighted by molar-refractivity contribution is 5.42. The summed E-state index contributed by atoms with van der Waals surface area (Å²) < 4.78 is 0. The second kappa shape index (κ2) is 5.25. The lowest BCUT2D eigenvalue weighted by Crippen LogP contribution is -2.22. The van der Waals surface area contributed by atoms with Crippen molar-refractivity contribution in [2.24, 2.45) is 11.8 Å². The van der Waals surface area contributed by atoms with Crippen molar-refractivity contribution >= 4 is 5.82 Å². The maximum atomic E-state index is 9.08. The van der Waals surface area contributed by atoms with Crippen LogP contribution < -0.4 is 11.3 Å². The summed E-state index contributed by atoms with van der Waals surface area (Å²) in [5.74, 6) is 6.56. The predicted octanol–water partition coefficient (Wildman–Crippen LogP) is 0.181. The predicted molar refractivity (Wildman–Crippen MR) is 62.5 cm³/mol. The first-order valence-corrected chi connectivity index (χ1v) is 5.57. The number of nitrogen functional groups attached to an aromatic ring is 1. The number of aromatic nitrogens is 1. The van der Waals surface area contributed by atoms with Gasteiger partial charge in [0, 0.05) is 31.5 Å². The lowest BCUT2D eigenvalue weighted by molar-refractivity contribution is 0.220. The van der Waals surface area contributed by atoms with E-state index in [1.54, 1.807) is 6.20 Å². The molecule has 1 aromatic heterocycles. The number of likely N-dealkylation sites (tertiary alicyclic amines) is 1. The van der Waals surface area contributed by atoms with Crippen LogP contribution >= 0.6 is 0 Å². The van der Waals surface area contributed by atoms with E-state index in [0.717, 1.165) is 37.4 Å². The molecule has 2 rings (SSSR count). The van der Waals surface area contributed by atoms with Gasteiger partial charge in [-0.25, -0.2) is 10.8 Å². The fourth-order valence-corrected chi connectivity index (χ4v) is 2.14. The molecule has 0 bridgehead atoms. The third-order valence-electron chi connectivity index (χ3n) is 3.05. The van der Waals surface area contributed by atoms with Crippen molar-refractivity contribution in [2.75, 3.05) is 25.1 Å². The van der Waals surface area contributed by atoms with Gasteiger partial charge in [0.25, 0.3) is 0 Å². The summed E-state index contributed by atoms with van der Waals surface area (Å²) in [5.41, 5.74) is 3.71.